The molecule has 3 aromatic carbocycles. The third-order valence-corrected chi connectivity index (χ3v) is 7.14. The van der Waals surface area contributed by atoms with E-state index in [9.17, 15) is 10.2 Å². The van der Waals surface area contributed by atoms with Gasteiger partial charge in [-0.3, -0.25) is 0 Å². The summed E-state index contributed by atoms with van der Waals surface area (Å²) in [5.41, 5.74) is 2.95. The van der Waals surface area contributed by atoms with Gasteiger partial charge in [0.1, 0.15) is 0 Å². The van der Waals surface area contributed by atoms with Gasteiger partial charge < -0.3 is 19.7 Å². The molecule has 0 bridgehead atoms. The predicted octanol–water partition coefficient (Wildman–Crippen LogP) is 5.14. The summed E-state index contributed by atoms with van der Waals surface area (Å²) in [5.74, 6) is -1.16. The van der Waals surface area contributed by atoms with Gasteiger partial charge in [0, 0.05) is 35.8 Å². The quantitative estimate of drug-likeness (QED) is 0.501. The molecule has 0 spiro atoms. The number of hydrogen-bond acceptors (Lipinski definition) is 5. The lowest BCUT2D eigenvalue weighted by atomic mass is 9.87. The Hall–Kier alpha value is -1.60. The monoisotopic (exact) mass is 458 g/mol. The summed E-state index contributed by atoms with van der Waals surface area (Å²) >= 11 is 8.57. The Bertz CT molecular complexity index is 1060. The normalized spacial score (nSPS) is 23.9. The second-order valence-corrected chi connectivity index (χ2v) is 9.20. The molecular weight excluding hydrogens is 432 g/mol. The van der Waals surface area contributed by atoms with Crippen molar-refractivity contribution in [1.82, 2.24) is 0 Å². The van der Waals surface area contributed by atoms with Crippen LogP contribution >= 0.6 is 23.4 Å². The van der Waals surface area contributed by atoms with Crippen LogP contribution in [0, 0.1) is 0 Å². The molecule has 4 rings (SSSR count). The summed E-state index contributed by atoms with van der Waals surface area (Å²) in [4.78, 5) is 1.21. The summed E-state index contributed by atoms with van der Waals surface area (Å²) in [6, 6.07) is 18.4. The molecule has 3 atom stereocenters. The molecule has 1 saturated heterocycles. The van der Waals surface area contributed by atoms with Gasteiger partial charge in [0.15, 0.2) is 5.79 Å². The molecule has 0 saturated carbocycles. The lowest BCUT2D eigenvalue weighted by Crippen LogP contribution is -2.46. The number of rotatable bonds is 6. The van der Waals surface area contributed by atoms with Gasteiger partial charge in [-0.05, 0) is 47.4 Å². The average Bonchev–Trinajstić information content (AvgIpc) is 2.80. The van der Waals surface area contributed by atoms with Crippen LogP contribution in [0.3, 0.4) is 0 Å². The number of fused-ring (bicyclic) bond motifs is 1. The maximum atomic E-state index is 10.5. The maximum Gasteiger partial charge on any atom is 0.198 e. The molecule has 1 fully saturated rings. The second kappa shape index (κ2) is 9.49. The fourth-order valence-corrected chi connectivity index (χ4v) is 5.09. The third-order valence-electron chi connectivity index (χ3n) is 5.95. The number of aliphatic hydroxyl groups excluding tert-OH is 2. The van der Waals surface area contributed by atoms with Gasteiger partial charge in [0.25, 0.3) is 0 Å². The van der Waals surface area contributed by atoms with Crippen molar-refractivity contribution in [2.24, 2.45) is 0 Å². The maximum absolute atomic E-state index is 10.5. The van der Waals surface area contributed by atoms with Gasteiger partial charge in [-0.1, -0.05) is 48.0 Å². The Kier molecular flexibility index (Phi) is 6.92. The van der Waals surface area contributed by atoms with Crippen LogP contribution in [0.5, 0.6) is 0 Å². The average molecular weight is 459 g/mol. The van der Waals surface area contributed by atoms with E-state index in [1.165, 1.54) is 4.90 Å². The highest BCUT2D eigenvalue weighted by Crippen LogP contribution is 2.44. The lowest BCUT2D eigenvalue weighted by molar-refractivity contribution is -0.298. The summed E-state index contributed by atoms with van der Waals surface area (Å²) in [6.45, 7) is -0.178. The molecule has 0 aromatic heterocycles. The molecular formula is C25H27ClO4S. The van der Waals surface area contributed by atoms with Crippen molar-refractivity contribution in [3.05, 3.63) is 76.3 Å². The van der Waals surface area contributed by atoms with Crippen LogP contribution in [0.15, 0.2) is 59.5 Å². The van der Waals surface area contributed by atoms with E-state index in [0.717, 1.165) is 27.5 Å². The van der Waals surface area contributed by atoms with Crippen molar-refractivity contribution in [3.63, 3.8) is 0 Å². The minimum Gasteiger partial charge on any atom is -0.394 e. The molecule has 1 unspecified atom stereocenters. The highest BCUT2D eigenvalue weighted by atomic mass is 35.5. The van der Waals surface area contributed by atoms with Crippen LogP contribution in [-0.4, -0.2) is 42.4 Å². The van der Waals surface area contributed by atoms with Crippen LogP contribution < -0.4 is 0 Å². The highest BCUT2D eigenvalue weighted by molar-refractivity contribution is 7.98. The van der Waals surface area contributed by atoms with Crippen molar-refractivity contribution in [3.8, 4) is 0 Å². The van der Waals surface area contributed by atoms with Crippen molar-refractivity contribution < 1.29 is 19.7 Å². The Balaban J connectivity index is 1.85. The Morgan fingerprint density at radius 2 is 1.87 bits per heavy atom. The number of aliphatic hydroxyl groups is 2. The van der Waals surface area contributed by atoms with Crippen molar-refractivity contribution in [2.75, 3.05) is 20.0 Å². The van der Waals surface area contributed by atoms with E-state index in [0.29, 0.717) is 17.9 Å². The number of benzene rings is 3. The predicted molar refractivity (Wildman–Crippen MR) is 126 cm³/mol. The van der Waals surface area contributed by atoms with Crippen molar-refractivity contribution >= 4 is 34.1 Å². The van der Waals surface area contributed by atoms with Crippen LogP contribution in [0.1, 0.15) is 29.5 Å². The van der Waals surface area contributed by atoms with Crippen LogP contribution in [-0.2, 0) is 21.7 Å². The van der Waals surface area contributed by atoms with Gasteiger partial charge in [-0.2, -0.15) is 0 Å². The van der Waals surface area contributed by atoms with E-state index in [1.54, 1.807) is 18.9 Å². The molecule has 4 nitrogen and oxygen atoms in total. The van der Waals surface area contributed by atoms with E-state index in [1.807, 2.05) is 30.3 Å². The van der Waals surface area contributed by atoms with Gasteiger partial charge in [0.05, 0.1) is 23.8 Å². The topological polar surface area (TPSA) is 58.9 Å². The first kappa shape index (κ1) is 22.6. The van der Waals surface area contributed by atoms with Crippen molar-refractivity contribution in [1.29, 1.82) is 0 Å². The molecule has 2 N–H and O–H groups in total. The molecule has 1 aliphatic rings. The number of thioether (sulfide) groups is 1. The Morgan fingerprint density at radius 1 is 1.16 bits per heavy atom. The second-order valence-electron chi connectivity index (χ2n) is 7.94. The first-order valence-corrected chi connectivity index (χ1v) is 12.0. The number of methoxy groups -OCH3 is 1. The molecule has 0 amide bonds. The molecule has 6 heteroatoms. The number of halogens is 1. The third kappa shape index (κ3) is 4.49. The number of ether oxygens (including phenoxy) is 2. The molecule has 164 valence electrons. The Morgan fingerprint density at radius 3 is 2.52 bits per heavy atom. The van der Waals surface area contributed by atoms with E-state index in [-0.39, 0.29) is 13.0 Å². The number of hydrogen-bond donors (Lipinski definition) is 2. The zero-order valence-electron chi connectivity index (χ0n) is 17.7. The summed E-state index contributed by atoms with van der Waals surface area (Å²) in [5, 5.41) is 22.8. The summed E-state index contributed by atoms with van der Waals surface area (Å²) in [7, 11) is 1.58. The summed E-state index contributed by atoms with van der Waals surface area (Å²) < 4.78 is 12.1. The van der Waals surface area contributed by atoms with E-state index in [2.05, 4.69) is 30.5 Å². The van der Waals surface area contributed by atoms with E-state index >= 15 is 0 Å². The molecule has 31 heavy (non-hydrogen) atoms. The van der Waals surface area contributed by atoms with Crippen LogP contribution in [0.2, 0.25) is 5.02 Å². The van der Waals surface area contributed by atoms with Crippen LogP contribution in [0.25, 0.3) is 10.8 Å². The molecule has 1 aliphatic heterocycles. The van der Waals surface area contributed by atoms with E-state index < -0.39 is 18.0 Å². The first-order chi connectivity index (χ1) is 15.0. The molecule has 1 heterocycles. The molecule has 0 aliphatic carbocycles. The summed E-state index contributed by atoms with van der Waals surface area (Å²) in [6.07, 6.45) is 2.25. The smallest absolute Gasteiger partial charge is 0.198 e. The first-order valence-electron chi connectivity index (χ1n) is 10.3. The van der Waals surface area contributed by atoms with E-state index in [4.69, 9.17) is 21.1 Å². The SMILES string of the molecule is CO[C@]1(c2cc(Cc3ccc(SC)cc3)c(Cl)c3ccccc23)C[C@@H](O)CC(CO)O1. The molecule has 3 aromatic rings. The van der Waals surface area contributed by atoms with Gasteiger partial charge >= 0.3 is 0 Å². The van der Waals surface area contributed by atoms with Crippen LogP contribution in [0.4, 0.5) is 0 Å². The minimum atomic E-state index is -1.16. The van der Waals surface area contributed by atoms with Gasteiger partial charge in [0.2, 0.25) is 0 Å². The van der Waals surface area contributed by atoms with Crippen molar-refractivity contribution in [2.45, 2.75) is 42.2 Å². The van der Waals surface area contributed by atoms with Gasteiger partial charge in [-0.15, -0.1) is 11.8 Å². The zero-order chi connectivity index (χ0) is 22.0. The molecule has 0 radical (unpaired) electrons. The minimum absolute atomic E-state index is 0.178. The fraction of sp³-hybridized carbons (Fsp3) is 0.360. The lowest BCUT2D eigenvalue weighted by Gasteiger charge is -2.42. The highest BCUT2D eigenvalue weighted by Gasteiger charge is 2.44. The fourth-order valence-electron chi connectivity index (χ4n) is 4.39. The van der Waals surface area contributed by atoms with Gasteiger partial charge in [-0.25, -0.2) is 0 Å². The zero-order valence-corrected chi connectivity index (χ0v) is 19.2. The largest absolute Gasteiger partial charge is 0.394 e. The standard InChI is InChI=1S/C25H27ClO4S/c1-29-25(14-18(28)13-19(15-27)30-25)23-12-17(11-16-7-9-20(31-2)10-8-16)24(26)22-6-4-3-5-21(22)23/h3-10,12,18-19,27-28H,11,13-15H2,1-2H3/t18-,19?,25+/m0/s1. The Labute approximate surface area is 192 Å².